The molecular formula is C12H19NO2. The van der Waals surface area contributed by atoms with Gasteiger partial charge in [0.25, 0.3) is 0 Å². The van der Waals surface area contributed by atoms with Crippen molar-refractivity contribution in [1.29, 1.82) is 0 Å². The molecule has 3 aliphatic rings. The number of carbonyl (C=O) groups excluding carboxylic acids is 1. The van der Waals surface area contributed by atoms with Gasteiger partial charge in [-0.3, -0.25) is 4.79 Å². The number of aliphatic hydroxyl groups is 1. The maximum atomic E-state index is 11.8. The van der Waals surface area contributed by atoms with Crippen molar-refractivity contribution in [3.63, 3.8) is 0 Å². The number of carbonyl (C=O) groups is 1. The minimum absolute atomic E-state index is 0.331. The summed E-state index contributed by atoms with van der Waals surface area (Å²) in [6.07, 6.45) is 6.15. The lowest BCUT2D eigenvalue weighted by molar-refractivity contribution is -0.137. The molecule has 0 aromatic carbocycles. The predicted molar refractivity (Wildman–Crippen MR) is 56.2 cm³/mol. The quantitative estimate of drug-likeness (QED) is 0.741. The van der Waals surface area contributed by atoms with Crippen molar-refractivity contribution in [1.82, 2.24) is 4.90 Å². The van der Waals surface area contributed by atoms with E-state index in [0.29, 0.717) is 17.7 Å². The SMILES string of the molecule is O=C(C1CC1)N1CCC(O)(C2CC2)CC1. The van der Waals surface area contributed by atoms with E-state index in [9.17, 15) is 9.90 Å². The van der Waals surface area contributed by atoms with Gasteiger partial charge in [-0.15, -0.1) is 0 Å². The summed E-state index contributed by atoms with van der Waals surface area (Å²) in [6.45, 7) is 1.56. The monoisotopic (exact) mass is 209 g/mol. The van der Waals surface area contributed by atoms with Crippen LogP contribution in [0.3, 0.4) is 0 Å². The van der Waals surface area contributed by atoms with Crippen LogP contribution in [0.15, 0.2) is 0 Å². The van der Waals surface area contributed by atoms with E-state index in [4.69, 9.17) is 0 Å². The molecule has 1 amide bonds. The third-order valence-electron chi connectivity index (χ3n) is 4.20. The zero-order chi connectivity index (χ0) is 10.5. The molecule has 1 aliphatic heterocycles. The number of amides is 1. The highest BCUT2D eigenvalue weighted by molar-refractivity contribution is 5.81. The van der Waals surface area contributed by atoms with Crippen LogP contribution in [0, 0.1) is 11.8 Å². The third kappa shape index (κ3) is 1.78. The molecule has 0 atom stereocenters. The Morgan fingerprint density at radius 1 is 1.13 bits per heavy atom. The van der Waals surface area contributed by atoms with Gasteiger partial charge in [0.15, 0.2) is 0 Å². The fourth-order valence-electron chi connectivity index (χ4n) is 2.73. The summed E-state index contributed by atoms with van der Waals surface area (Å²) < 4.78 is 0. The maximum absolute atomic E-state index is 11.8. The van der Waals surface area contributed by atoms with E-state index in [2.05, 4.69) is 0 Å². The van der Waals surface area contributed by atoms with Crippen LogP contribution in [0.4, 0.5) is 0 Å². The van der Waals surface area contributed by atoms with E-state index in [1.54, 1.807) is 0 Å². The Bertz CT molecular complexity index is 273. The summed E-state index contributed by atoms with van der Waals surface area (Å²) in [4.78, 5) is 13.8. The Hall–Kier alpha value is -0.570. The highest BCUT2D eigenvalue weighted by Gasteiger charge is 2.46. The average molecular weight is 209 g/mol. The lowest BCUT2D eigenvalue weighted by atomic mass is 9.86. The second-order valence-electron chi connectivity index (χ2n) is 5.48. The number of nitrogens with zero attached hydrogens (tertiary/aromatic N) is 1. The van der Waals surface area contributed by atoms with E-state index in [1.165, 1.54) is 12.8 Å². The second kappa shape index (κ2) is 3.21. The van der Waals surface area contributed by atoms with Crippen LogP contribution in [0.25, 0.3) is 0 Å². The van der Waals surface area contributed by atoms with Crippen molar-refractivity contribution in [2.45, 2.75) is 44.1 Å². The van der Waals surface area contributed by atoms with Gasteiger partial charge in [0, 0.05) is 19.0 Å². The van der Waals surface area contributed by atoms with Crippen molar-refractivity contribution in [2.24, 2.45) is 11.8 Å². The summed E-state index contributed by atoms with van der Waals surface area (Å²) in [5.74, 6) is 1.21. The Labute approximate surface area is 90.5 Å². The van der Waals surface area contributed by atoms with Gasteiger partial charge in [-0.2, -0.15) is 0 Å². The Balaban J connectivity index is 1.57. The topological polar surface area (TPSA) is 40.5 Å². The van der Waals surface area contributed by atoms with E-state index in [0.717, 1.165) is 38.8 Å². The molecule has 1 heterocycles. The first-order valence-electron chi connectivity index (χ1n) is 6.20. The van der Waals surface area contributed by atoms with Crippen LogP contribution in [0.2, 0.25) is 0 Å². The summed E-state index contributed by atoms with van der Waals surface area (Å²) in [5.41, 5.74) is -0.430. The predicted octanol–water partition coefficient (Wildman–Crippen LogP) is 1.16. The van der Waals surface area contributed by atoms with Gasteiger partial charge in [0.1, 0.15) is 0 Å². The molecule has 3 heteroatoms. The van der Waals surface area contributed by atoms with Crippen molar-refractivity contribution >= 4 is 5.91 Å². The average Bonchev–Trinajstić information content (AvgIpc) is 3.06. The molecule has 3 rings (SSSR count). The largest absolute Gasteiger partial charge is 0.389 e. The molecule has 2 saturated carbocycles. The molecule has 1 saturated heterocycles. The lowest BCUT2D eigenvalue weighted by Crippen LogP contribution is -2.48. The van der Waals surface area contributed by atoms with Crippen LogP contribution in [0.1, 0.15) is 38.5 Å². The Morgan fingerprint density at radius 2 is 1.73 bits per heavy atom. The van der Waals surface area contributed by atoms with Crippen LogP contribution in [-0.4, -0.2) is 34.6 Å². The number of rotatable bonds is 2. The van der Waals surface area contributed by atoms with Crippen molar-refractivity contribution in [2.75, 3.05) is 13.1 Å². The first kappa shape index (κ1) is 9.64. The zero-order valence-corrected chi connectivity index (χ0v) is 9.11. The fraction of sp³-hybridized carbons (Fsp3) is 0.917. The normalized spacial score (nSPS) is 30.3. The molecule has 0 bridgehead atoms. The third-order valence-corrected chi connectivity index (χ3v) is 4.20. The lowest BCUT2D eigenvalue weighted by Gasteiger charge is -2.38. The maximum Gasteiger partial charge on any atom is 0.225 e. The Morgan fingerprint density at radius 3 is 2.20 bits per heavy atom. The molecule has 0 aromatic rings. The highest BCUT2D eigenvalue weighted by atomic mass is 16.3. The molecular weight excluding hydrogens is 190 g/mol. The standard InChI is InChI=1S/C12H19NO2/c14-11(9-1-2-9)13-7-5-12(15,6-8-13)10-3-4-10/h9-10,15H,1-8H2. The summed E-state index contributed by atoms with van der Waals surface area (Å²) >= 11 is 0. The van der Waals surface area contributed by atoms with Crippen LogP contribution < -0.4 is 0 Å². The molecule has 0 aromatic heterocycles. The van der Waals surface area contributed by atoms with Gasteiger partial charge in [0.05, 0.1) is 5.60 Å². The molecule has 0 spiro atoms. The molecule has 3 fully saturated rings. The number of hydrogen-bond acceptors (Lipinski definition) is 2. The van der Waals surface area contributed by atoms with Crippen LogP contribution in [-0.2, 0) is 4.79 Å². The van der Waals surface area contributed by atoms with E-state index in [-0.39, 0.29) is 0 Å². The van der Waals surface area contributed by atoms with Crippen molar-refractivity contribution < 1.29 is 9.90 Å². The van der Waals surface area contributed by atoms with Crippen LogP contribution in [0.5, 0.6) is 0 Å². The fourth-order valence-corrected chi connectivity index (χ4v) is 2.73. The van der Waals surface area contributed by atoms with Gasteiger partial charge >= 0.3 is 0 Å². The minimum atomic E-state index is -0.430. The molecule has 0 radical (unpaired) electrons. The molecule has 1 N–H and O–H groups in total. The van der Waals surface area contributed by atoms with Gasteiger partial charge in [-0.05, 0) is 44.4 Å². The van der Waals surface area contributed by atoms with E-state index >= 15 is 0 Å². The molecule has 15 heavy (non-hydrogen) atoms. The summed E-state index contributed by atoms with van der Waals surface area (Å²) in [7, 11) is 0. The molecule has 84 valence electrons. The van der Waals surface area contributed by atoms with Gasteiger partial charge in [-0.25, -0.2) is 0 Å². The van der Waals surface area contributed by atoms with Gasteiger partial charge in [-0.1, -0.05) is 0 Å². The van der Waals surface area contributed by atoms with Crippen LogP contribution >= 0.6 is 0 Å². The number of piperidine rings is 1. The summed E-state index contributed by atoms with van der Waals surface area (Å²) in [6, 6.07) is 0. The molecule has 0 unspecified atom stereocenters. The highest BCUT2D eigenvalue weighted by Crippen LogP contribution is 2.45. The zero-order valence-electron chi connectivity index (χ0n) is 9.11. The smallest absolute Gasteiger partial charge is 0.225 e. The Kier molecular flexibility index (Phi) is 2.06. The van der Waals surface area contributed by atoms with Gasteiger partial charge < -0.3 is 10.0 Å². The number of likely N-dealkylation sites (tertiary alicyclic amines) is 1. The summed E-state index contributed by atoms with van der Waals surface area (Å²) in [5, 5.41) is 10.3. The number of hydrogen-bond donors (Lipinski definition) is 1. The minimum Gasteiger partial charge on any atom is -0.389 e. The first-order chi connectivity index (χ1) is 7.19. The second-order valence-corrected chi connectivity index (χ2v) is 5.48. The van der Waals surface area contributed by atoms with Crippen molar-refractivity contribution in [3.05, 3.63) is 0 Å². The van der Waals surface area contributed by atoms with Crippen molar-refractivity contribution in [3.8, 4) is 0 Å². The molecule has 3 nitrogen and oxygen atoms in total. The van der Waals surface area contributed by atoms with E-state index in [1.807, 2.05) is 4.90 Å². The van der Waals surface area contributed by atoms with E-state index < -0.39 is 5.60 Å². The van der Waals surface area contributed by atoms with Gasteiger partial charge in [0.2, 0.25) is 5.91 Å². The first-order valence-corrected chi connectivity index (χ1v) is 6.20. The molecule has 2 aliphatic carbocycles.